The van der Waals surface area contributed by atoms with Gasteiger partial charge in [0.25, 0.3) is 0 Å². The Morgan fingerprint density at radius 1 is 1.09 bits per heavy atom. The van der Waals surface area contributed by atoms with Crippen LogP contribution in [0, 0.1) is 0 Å². The molecule has 0 aliphatic heterocycles. The van der Waals surface area contributed by atoms with Crippen LogP contribution in [0.1, 0.15) is 17.5 Å². The first-order chi connectivity index (χ1) is 10.7. The first-order valence-electron chi connectivity index (χ1n) is 6.61. The second-order valence-electron chi connectivity index (χ2n) is 4.39. The molecule has 2 aromatic heterocycles. The summed E-state index contributed by atoms with van der Waals surface area (Å²) < 4.78 is 0. The van der Waals surface area contributed by atoms with Crippen LogP contribution in [0.3, 0.4) is 0 Å². The SMILES string of the molecule is O=C(CC(=O)N/N=C\c1cccnc1)NCc1cccnc1. The normalized spacial score (nSPS) is 10.4. The van der Waals surface area contributed by atoms with Gasteiger partial charge in [-0.1, -0.05) is 12.1 Å². The lowest BCUT2D eigenvalue weighted by Gasteiger charge is -2.04. The van der Waals surface area contributed by atoms with E-state index in [1.165, 1.54) is 6.21 Å². The molecule has 0 spiro atoms. The minimum atomic E-state index is -0.483. The maximum atomic E-state index is 11.6. The molecular formula is C15H15N5O2. The van der Waals surface area contributed by atoms with E-state index in [0.29, 0.717) is 6.54 Å². The molecule has 2 N–H and O–H groups in total. The van der Waals surface area contributed by atoms with Crippen LogP contribution in [0.2, 0.25) is 0 Å². The van der Waals surface area contributed by atoms with E-state index in [4.69, 9.17) is 0 Å². The number of pyridine rings is 2. The number of hydrogen-bond acceptors (Lipinski definition) is 5. The second kappa shape index (κ2) is 8.25. The summed E-state index contributed by atoms with van der Waals surface area (Å²) in [6.45, 7) is 0.332. The van der Waals surface area contributed by atoms with Crippen LogP contribution in [0.15, 0.2) is 54.2 Å². The van der Waals surface area contributed by atoms with Crippen molar-refractivity contribution in [3.05, 3.63) is 60.2 Å². The van der Waals surface area contributed by atoms with Crippen LogP contribution in [0.4, 0.5) is 0 Å². The zero-order valence-electron chi connectivity index (χ0n) is 11.8. The highest BCUT2D eigenvalue weighted by Crippen LogP contribution is 1.95. The third-order valence-electron chi connectivity index (χ3n) is 2.62. The van der Waals surface area contributed by atoms with Crippen LogP contribution in [0.5, 0.6) is 0 Å². The van der Waals surface area contributed by atoms with Gasteiger partial charge in [-0.05, 0) is 17.7 Å². The van der Waals surface area contributed by atoms with Gasteiger partial charge in [0.2, 0.25) is 11.8 Å². The number of carbonyl (C=O) groups is 2. The molecule has 112 valence electrons. The molecule has 7 nitrogen and oxygen atoms in total. The molecule has 2 rings (SSSR count). The lowest BCUT2D eigenvalue weighted by atomic mass is 10.3. The van der Waals surface area contributed by atoms with Gasteiger partial charge in [-0.3, -0.25) is 19.6 Å². The number of hydrogen-bond donors (Lipinski definition) is 2. The quantitative estimate of drug-likeness (QED) is 0.464. The van der Waals surface area contributed by atoms with Crippen molar-refractivity contribution in [2.75, 3.05) is 0 Å². The molecule has 0 aliphatic carbocycles. The molecule has 22 heavy (non-hydrogen) atoms. The Morgan fingerprint density at radius 2 is 1.86 bits per heavy atom. The molecule has 7 heteroatoms. The van der Waals surface area contributed by atoms with Gasteiger partial charge in [0.05, 0.1) is 6.21 Å². The maximum Gasteiger partial charge on any atom is 0.249 e. The molecule has 0 aromatic carbocycles. The predicted molar refractivity (Wildman–Crippen MR) is 80.7 cm³/mol. The van der Waals surface area contributed by atoms with Crippen molar-refractivity contribution in [3.8, 4) is 0 Å². The molecule has 0 atom stereocenters. The number of carbonyl (C=O) groups excluding carboxylic acids is 2. The Hall–Kier alpha value is -3.09. The largest absolute Gasteiger partial charge is 0.352 e. The first kappa shape index (κ1) is 15.3. The van der Waals surface area contributed by atoms with Gasteiger partial charge in [0, 0.05) is 36.9 Å². The van der Waals surface area contributed by atoms with Gasteiger partial charge in [-0.25, -0.2) is 5.43 Å². The lowest BCUT2D eigenvalue weighted by Crippen LogP contribution is -2.29. The first-order valence-corrected chi connectivity index (χ1v) is 6.61. The Balaban J connectivity index is 1.70. The molecule has 0 aliphatic rings. The third kappa shape index (κ3) is 5.49. The molecule has 0 radical (unpaired) electrons. The van der Waals surface area contributed by atoms with E-state index < -0.39 is 5.91 Å². The molecule has 2 heterocycles. The van der Waals surface area contributed by atoms with Gasteiger partial charge >= 0.3 is 0 Å². The van der Waals surface area contributed by atoms with E-state index in [1.54, 1.807) is 43.0 Å². The lowest BCUT2D eigenvalue weighted by molar-refractivity contribution is -0.129. The summed E-state index contributed by atoms with van der Waals surface area (Å²) in [7, 11) is 0. The summed E-state index contributed by atoms with van der Waals surface area (Å²) in [6.07, 6.45) is 7.72. The highest BCUT2D eigenvalue weighted by Gasteiger charge is 2.08. The van der Waals surface area contributed by atoms with Crippen molar-refractivity contribution in [1.82, 2.24) is 20.7 Å². The summed E-state index contributed by atoms with van der Waals surface area (Å²) in [5, 5.41) is 6.39. The molecule has 0 unspecified atom stereocenters. The number of hydrazone groups is 1. The number of aromatic nitrogens is 2. The molecule has 0 saturated carbocycles. The summed E-state index contributed by atoms with van der Waals surface area (Å²) in [5.41, 5.74) is 3.91. The van der Waals surface area contributed by atoms with Crippen molar-refractivity contribution >= 4 is 18.0 Å². The number of nitrogens with zero attached hydrogens (tertiary/aromatic N) is 3. The van der Waals surface area contributed by atoms with Gasteiger partial charge in [-0.15, -0.1) is 0 Å². The van der Waals surface area contributed by atoms with Crippen molar-refractivity contribution in [2.24, 2.45) is 5.10 Å². The highest BCUT2D eigenvalue weighted by atomic mass is 16.2. The Labute approximate surface area is 127 Å². The minimum absolute atomic E-state index is 0.287. The summed E-state index contributed by atoms with van der Waals surface area (Å²) in [5.74, 6) is -0.859. The monoisotopic (exact) mass is 297 g/mol. The van der Waals surface area contributed by atoms with Crippen LogP contribution in [0.25, 0.3) is 0 Å². The van der Waals surface area contributed by atoms with Crippen molar-refractivity contribution in [3.63, 3.8) is 0 Å². The number of amides is 2. The van der Waals surface area contributed by atoms with Gasteiger partial charge in [0.15, 0.2) is 0 Å². The fourth-order valence-corrected chi connectivity index (χ4v) is 1.58. The predicted octanol–water partition coefficient (Wildman–Crippen LogP) is 0.633. The summed E-state index contributed by atoms with van der Waals surface area (Å²) in [6, 6.07) is 7.17. The van der Waals surface area contributed by atoms with Crippen LogP contribution in [-0.4, -0.2) is 28.0 Å². The van der Waals surface area contributed by atoms with E-state index in [0.717, 1.165) is 11.1 Å². The van der Waals surface area contributed by atoms with E-state index in [1.807, 2.05) is 6.07 Å². The number of rotatable bonds is 6. The van der Waals surface area contributed by atoms with Crippen LogP contribution in [-0.2, 0) is 16.1 Å². The van der Waals surface area contributed by atoms with Crippen molar-refractivity contribution in [1.29, 1.82) is 0 Å². The Kier molecular flexibility index (Phi) is 5.74. The van der Waals surface area contributed by atoms with E-state index in [-0.39, 0.29) is 12.3 Å². The van der Waals surface area contributed by atoms with Crippen molar-refractivity contribution in [2.45, 2.75) is 13.0 Å². The van der Waals surface area contributed by atoms with Gasteiger partial charge < -0.3 is 5.32 Å². The van der Waals surface area contributed by atoms with E-state index in [9.17, 15) is 9.59 Å². The zero-order valence-corrected chi connectivity index (χ0v) is 11.8. The summed E-state index contributed by atoms with van der Waals surface area (Å²) >= 11 is 0. The minimum Gasteiger partial charge on any atom is -0.352 e. The Morgan fingerprint density at radius 3 is 2.55 bits per heavy atom. The van der Waals surface area contributed by atoms with Gasteiger partial charge in [-0.2, -0.15) is 5.10 Å². The van der Waals surface area contributed by atoms with Gasteiger partial charge in [0.1, 0.15) is 6.42 Å². The topological polar surface area (TPSA) is 96.3 Å². The molecule has 2 aromatic rings. The maximum absolute atomic E-state index is 11.6. The molecular weight excluding hydrogens is 282 g/mol. The average Bonchev–Trinajstić information content (AvgIpc) is 2.55. The van der Waals surface area contributed by atoms with E-state index >= 15 is 0 Å². The fraction of sp³-hybridized carbons (Fsp3) is 0.133. The third-order valence-corrected chi connectivity index (χ3v) is 2.62. The zero-order chi connectivity index (χ0) is 15.6. The standard InChI is InChI=1S/C15H15N5O2/c21-14(18-10-12-3-1-5-16-8-12)7-15(22)20-19-11-13-4-2-6-17-9-13/h1-6,8-9,11H,7,10H2,(H,18,21)(H,20,22)/b19-11-. The molecule has 0 saturated heterocycles. The van der Waals surface area contributed by atoms with Crippen LogP contribution >= 0.6 is 0 Å². The highest BCUT2D eigenvalue weighted by molar-refractivity contribution is 5.97. The summed E-state index contributed by atoms with van der Waals surface area (Å²) in [4.78, 5) is 31.0. The van der Waals surface area contributed by atoms with Crippen molar-refractivity contribution < 1.29 is 9.59 Å². The smallest absolute Gasteiger partial charge is 0.249 e. The van der Waals surface area contributed by atoms with E-state index in [2.05, 4.69) is 25.8 Å². The Bertz CT molecular complexity index is 643. The fourth-order valence-electron chi connectivity index (χ4n) is 1.58. The second-order valence-corrected chi connectivity index (χ2v) is 4.39. The molecule has 0 bridgehead atoms. The average molecular weight is 297 g/mol. The van der Waals surface area contributed by atoms with Crippen LogP contribution < -0.4 is 10.7 Å². The number of nitrogens with one attached hydrogen (secondary N) is 2. The molecule has 2 amide bonds. The molecule has 0 fully saturated rings.